The second kappa shape index (κ2) is 7.99. The number of esters is 1. The lowest BCUT2D eigenvalue weighted by Crippen LogP contribution is -2.31. The monoisotopic (exact) mass is 298 g/mol. The van der Waals surface area contributed by atoms with Gasteiger partial charge in [0, 0.05) is 18.3 Å². The fourth-order valence-corrected chi connectivity index (χ4v) is 2.45. The number of carbonyl (C=O) groups is 2. The molecule has 0 unspecified atom stereocenters. The van der Waals surface area contributed by atoms with E-state index in [0.29, 0.717) is 24.6 Å². The third kappa shape index (κ3) is 4.92. The van der Waals surface area contributed by atoms with Gasteiger partial charge >= 0.3 is 5.97 Å². The molecule has 1 aromatic rings. The second-order valence-corrected chi connectivity index (χ2v) is 5.91. The third-order valence-electron chi connectivity index (χ3n) is 2.90. The first-order valence-electron chi connectivity index (χ1n) is 6.78. The fraction of sp³-hybridized carbons (Fsp3) is 0.643. The fourth-order valence-electron chi connectivity index (χ4n) is 1.67. The van der Waals surface area contributed by atoms with Gasteiger partial charge in [-0.25, -0.2) is 9.78 Å². The Hall–Kier alpha value is -1.43. The second-order valence-electron chi connectivity index (χ2n) is 4.97. The van der Waals surface area contributed by atoms with Crippen LogP contribution in [0.4, 0.5) is 0 Å². The zero-order chi connectivity index (χ0) is 15.1. The summed E-state index contributed by atoms with van der Waals surface area (Å²) >= 11 is 1.38. The van der Waals surface area contributed by atoms with E-state index in [2.05, 4.69) is 23.6 Å². The number of amides is 1. The first kappa shape index (κ1) is 16.6. The summed E-state index contributed by atoms with van der Waals surface area (Å²) in [7, 11) is 1.33. The molecule has 1 rings (SSSR count). The molecule has 1 heterocycles. The van der Waals surface area contributed by atoms with E-state index >= 15 is 0 Å². The normalized spacial score (nSPS) is 10.7. The van der Waals surface area contributed by atoms with Crippen LogP contribution in [0, 0.1) is 5.92 Å². The van der Waals surface area contributed by atoms with Gasteiger partial charge in [0.2, 0.25) is 5.91 Å². The van der Waals surface area contributed by atoms with E-state index in [0.717, 1.165) is 18.0 Å². The number of thiazole rings is 1. The van der Waals surface area contributed by atoms with Gasteiger partial charge in [-0.2, -0.15) is 0 Å². The van der Waals surface area contributed by atoms with Crippen LogP contribution in [-0.2, 0) is 16.1 Å². The van der Waals surface area contributed by atoms with Gasteiger partial charge in [-0.05, 0) is 12.3 Å². The molecule has 0 spiro atoms. The summed E-state index contributed by atoms with van der Waals surface area (Å²) in [6.07, 6.45) is 1.44. The zero-order valence-electron chi connectivity index (χ0n) is 12.5. The molecule has 0 N–H and O–H groups in total. The van der Waals surface area contributed by atoms with Gasteiger partial charge in [0.1, 0.15) is 5.01 Å². The Bertz CT molecular complexity index is 457. The van der Waals surface area contributed by atoms with Crippen molar-refractivity contribution in [2.24, 2.45) is 5.92 Å². The van der Waals surface area contributed by atoms with Crippen LogP contribution in [-0.4, -0.2) is 35.4 Å². The van der Waals surface area contributed by atoms with E-state index in [1.165, 1.54) is 18.4 Å². The Morgan fingerprint density at radius 1 is 1.45 bits per heavy atom. The average molecular weight is 298 g/mol. The number of aromatic nitrogens is 1. The Morgan fingerprint density at radius 2 is 2.15 bits per heavy atom. The number of rotatable bonds is 7. The van der Waals surface area contributed by atoms with Gasteiger partial charge in [-0.15, -0.1) is 11.3 Å². The van der Waals surface area contributed by atoms with Crippen molar-refractivity contribution in [1.29, 1.82) is 0 Å². The van der Waals surface area contributed by atoms with E-state index in [9.17, 15) is 9.59 Å². The van der Waals surface area contributed by atoms with Gasteiger partial charge in [-0.3, -0.25) is 4.79 Å². The van der Waals surface area contributed by atoms with Crippen molar-refractivity contribution in [2.45, 2.75) is 40.2 Å². The lowest BCUT2D eigenvalue weighted by molar-refractivity contribution is -0.131. The molecule has 20 heavy (non-hydrogen) atoms. The molecule has 0 aliphatic carbocycles. The number of methoxy groups -OCH3 is 1. The summed E-state index contributed by atoms with van der Waals surface area (Å²) in [5.74, 6) is 0.215. The van der Waals surface area contributed by atoms with Crippen LogP contribution in [0.2, 0.25) is 0 Å². The molecule has 0 radical (unpaired) electrons. The lowest BCUT2D eigenvalue weighted by Gasteiger charge is -2.22. The topological polar surface area (TPSA) is 59.5 Å². The number of hydrogen-bond acceptors (Lipinski definition) is 5. The number of carbonyl (C=O) groups excluding carboxylic acids is 2. The van der Waals surface area contributed by atoms with E-state index < -0.39 is 5.97 Å². The first-order chi connectivity index (χ1) is 9.47. The van der Waals surface area contributed by atoms with Gasteiger partial charge in [0.15, 0.2) is 5.69 Å². The molecule has 0 bridgehead atoms. The van der Waals surface area contributed by atoms with Crippen molar-refractivity contribution in [1.82, 2.24) is 9.88 Å². The van der Waals surface area contributed by atoms with Crippen LogP contribution in [0.1, 0.15) is 49.1 Å². The molecule has 0 fully saturated rings. The number of hydrogen-bond donors (Lipinski definition) is 0. The molecule has 0 aliphatic rings. The van der Waals surface area contributed by atoms with Crippen LogP contribution >= 0.6 is 11.3 Å². The minimum absolute atomic E-state index is 0.112. The molecule has 0 atom stereocenters. The molecule has 0 saturated carbocycles. The highest BCUT2D eigenvalue weighted by Crippen LogP contribution is 2.15. The van der Waals surface area contributed by atoms with Crippen LogP contribution in [0.25, 0.3) is 0 Å². The van der Waals surface area contributed by atoms with Crippen molar-refractivity contribution in [3.8, 4) is 0 Å². The molecule has 112 valence electrons. The maximum Gasteiger partial charge on any atom is 0.357 e. The molecule has 1 amide bonds. The standard InChI is InChI=1S/C14H22N2O3S/c1-5-13(17)16(7-6-10(2)3)8-12-15-11(9-20-12)14(18)19-4/h9-10H,5-8H2,1-4H3. The minimum Gasteiger partial charge on any atom is -0.464 e. The van der Waals surface area contributed by atoms with E-state index in [1.807, 2.05) is 6.92 Å². The third-order valence-corrected chi connectivity index (χ3v) is 3.74. The molecule has 0 aromatic carbocycles. The molecule has 0 aliphatic heterocycles. The molecule has 5 nitrogen and oxygen atoms in total. The van der Waals surface area contributed by atoms with Gasteiger partial charge in [0.05, 0.1) is 13.7 Å². The van der Waals surface area contributed by atoms with Crippen LogP contribution in [0.15, 0.2) is 5.38 Å². The average Bonchev–Trinajstić information content (AvgIpc) is 2.90. The largest absolute Gasteiger partial charge is 0.464 e. The maximum absolute atomic E-state index is 11.9. The van der Waals surface area contributed by atoms with E-state index in [1.54, 1.807) is 10.3 Å². The van der Waals surface area contributed by atoms with Crippen molar-refractivity contribution in [3.05, 3.63) is 16.1 Å². The number of ether oxygens (including phenoxy) is 1. The Balaban J connectivity index is 2.71. The molecular formula is C14H22N2O3S. The first-order valence-corrected chi connectivity index (χ1v) is 7.66. The minimum atomic E-state index is -0.442. The van der Waals surface area contributed by atoms with Crippen LogP contribution in [0.3, 0.4) is 0 Å². The van der Waals surface area contributed by atoms with Crippen LogP contribution < -0.4 is 0 Å². The van der Waals surface area contributed by atoms with E-state index in [-0.39, 0.29) is 5.91 Å². The summed E-state index contributed by atoms with van der Waals surface area (Å²) in [6.45, 7) is 7.30. The summed E-state index contributed by atoms with van der Waals surface area (Å²) in [5.41, 5.74) is 0.306. The van der Waals surface area contributed by atoms with Gasteiger partial charge < -0.3 is 9.64 Å². The zero-order valence-corrected chi connectivity index (χ0v) is 13.3. The highest BCUT2D eigenvalue weighted by molar-refractivity contribution is 7.09. The Morgan fingerprint density at radius 3 is 2.70 bits per heavy atom. The summed E-state index contributed by atoms with van der Waals surface area (Å²) < 4.78 is 4.63. The predicted octanol–water partition coefficient (Wildman–Crippen LogP) is 2.71. The van der Waals surface area contributed by atoms with Gasteiger partial charge in [-0.1, -0.05) is 20.8 Å². The predicted molar refractivity (Wildman–Crippen MR) is 78.6 cm³/mol. The van der Waals surface area contributed by atoms with E-state index in [4.69, 9.17) is 0 Å². The highest BCUT2D eigenvalue weighted by atomic mass is 32.1. The summed E-state index contributed by atoms with van der Waals surface area (Å²) in [4.78, 5) is 29.3. The van der Waals surface area contributed by atoms with Crippen molar-refractivity contribution >= 4 is 23.2 Å². The maximum atomic E-state index is 11.9. The van der Waals surface area contributed by atoms with Gasteiger partial charge in [0.25, 0.3) is 0 Å². The van der Waals surface area contributed by atoms with Crippen molar-refractivity contribution in [3.63, 3.8) is 0 Å². The molecular weight excluding hydrogens is 276 g/mol. The highest BCUT2D eigenvalue weighted by Gasteiger charge is 2.16. The van der Waals surface area contributed by atoms with Crippen molar-refractivity contribution < 1.29 is 14.3 Å². The SMILES string of the molecule is CCC(=O)N(CCC(C)C)Cc1nc(C(=O)OC)cs1. The summed E-state index contributed by atoms with van der Waals surface area (Å²) in [5, 5.41) is 2.43. The molecule has 6 heteroatoms. The summed E-state index contributed by atoms with van der Waals surface area (Å²) in [6, 6.07) is 0. The van der Waals surface area contributed by atoms with Crippen LogP contribution in [0.5, 0.6) is 0 Å². The molecule has 1 aromatic heterocycles. The number of nitrogens with zero attached hydrogens (tertiary/aromatic N) is 2. The van der Waals surface area contributed by atoms with Crippen molar-refractivity contribution in [2.75, 3.05) is 13.7 Å². The lowest BCUT2D eigenvalue weighted by atomic mass is 10.1. The molecule has 0 saturated heterocycles. The Kier molecular flexibility index (Phi) is 6.64. The smallest absolute Gasteiger partial charge is 0.357 e. The quantitative estimate of drug-likeness (QED) is 0.726. The Labute approximate surface area is 124 Å².